The number of anilines is 1. The molecule has 186 valence electrons. The molecule has 10 nitrogen and oxygen atoms in total. The van der Waals surface area contributed by atoms with Crippen LogP contribution in [0, 0.1) is 0 Å². The Morgan fingerprint density at radius 1 is 1.11 bits per heavy atom. The van der Waals surface area contributed by atoms with Gasteiger partial charge in [-0.2, -0.15) is 5.10 Å². The predicted molar refractivity (Wildman–Crippen MR) is 131 cm³/mol. The fraction of sp³-hybridized carbons (Fsp3) is 0.304. The van der Waals surface area contributed by atoms with E-state index in [-0.39, 0.29) is 19.3 Å². The van der Waals surface area contributed by atoms with Gasteiger partial charge in [-0.25, -0.2) is 5.43 Å². The molecular weight excluding hydrogens is 499 g/mol. The van der Waals surface area contributed by atoms with Crippen LogP contribution in [0.2, 0.25) is 10.0 Å². The van der Waals surface area contributed by atoms with Crippen LogP contribution in [-0.4, -0.2) is 56.9 Å². The first-order valence-electron chi connectivity index (χ1n) is 10.6. The molecule has 3 rings (SSSR count). The molecule has 1 atom stereocenters. The van der Waals surface area contributed by atoms with E-state index in [2.05, 4.69) is 21.2 Å². The van der Waals surface area contributed by atoms with Crippen LogP contribution in [0.25, 0.3) is 0 Å². The van der Waals surface area contributed by atoms with Gasteiger partial charge >= 0.3 is 11.8 Å². The van der Waals surface area contributed by atoms with Crippen molar-refractivity contribution in [2.45, 2.75) is 18.9 Å². The molecule has 1 fully saturated rings. The lowest BCUT2D eigenvalue weighted by Crippen LogP contribution is -2.41. The highest BCUT2D eigenvalue weighted by molar-refractivity contribution is 6.35. The van der Waals surface area contributed by atoms with E-state index in [0.717, 1.165) is 12.8 Å². The van der Waals surface area contributed by atoms with Gasteiger partial charge in [-0.15, -0.1) is 0 Å². The highest BCUT2D eigenvalue weighted by atomic mass is 35.5. The molecule has 0 bridgehead atoms. The number of methoxy groups -OCH3 is 1. The monoisotopic (exact) mass is 522 g/mol. The lowest BCUT2D eigenvalue weighted by molar-refractivity contribution is -0.139. The third-order valence-corrected chi connectivity index (χ3v) is 5.23. The molecule has 3 amide bonds. The van der Waals surface area contributed by atoms with Gasteiger partial charge in [0.1, 0.15) is 0 Å². The number of ether oxygens (including phenoxy) is 3. The number of carbonyl (C=O) groups excluding carboxylic acids is 3. The van der Waals surface area contributed by atoms with Crippen molar-refractivity contribution in [1.29, 1.82) is 0 Å². The zero-order valence-corrected chi connectivity index (χ0v) is 20.3. The fourth-order valence-corrected chi connectivity index (χ4v) is 3.68. The van der Waals surface area contributed by atoms with E-state index in [1.54, 1.807) is 36.4 Å². The smallest absolute Gasteiger partial charge is 0.329 e. The zero-order valence-electron chi connectivity index (χ0n) is 18.8. The van der Waals surface area contributed by atoms with E-state index < -0.39 is 17.7 Å². The summed E-state index contributed by atoms with van der Waals surface area (Å²) in [7, 11) is 1.44. The van der Waals surface area contributed by atoms with Gasteiger partial charge in [-0.05, 0) is 54.8 Å². The predicted octanol–water partition coefficient (Wildman–Crippen LogP) is 2.76. The SMILES string of the molecule is COc1cc(/C=N\NC(=O)C(=O)NC[C@H]2CCCO2)ccc1OCC(=O)Nc1cc(Cl)cc(Cl)c1. The molecule has 0 saturated carbocycles. The molecule has 1 aliphatic heterocycles. The third-order valence-electron chi connectivity index (χ3n) is 4.79. The van der Waals surface area contributed by atoms with E-state index in [0.29, 0.717) is 39.4 Å². The van der Waals surface area contributed by atoms with Crippen LogP contribution in [0.1, 0.15) is 18.4 Å². The Hall–Kier alpha value is -3.34. The van der Waals surface area contributed by atoms with Crippen molar-refractivity contribution in [3.63, 3.8) is 0 Å². The molecule has 2 aromatic rings. The maximum absolute atomic E-state index is 12.2. The molecule has 0 spiro atoms. The topological polar surface area (TPSA) is 127 Å². The molecule has 12 heteroatoms. The second-order valence-electron chi connectivity index (χ2n) is 7.45. The highest BCUT2D eigenvalue weighted by Gasteiger charge is 2.19. The number of amides is 3. The second kappa shape index (κ2) is 12.9. The van der Waals surface area contributed by atoms with E-state index in [4.69, 9.17) is 37.4 Å². The number of rotatable bonds is 9. The first kappa shape index (κ1) is 26.3. The van der Waals surface area contributed by atoms with Crippen molar-refractivity contribution in [1.82, 2.24) is 10.7 Å². The Morgan fingerprint density at radius 2 is 1.89 bits per heavy atom. The van der Waals surface area contributed by atoms with Crippen LogP contribution in [0.15, 0.2) is 41.5 Å². The Balaban J connectivity index is 1.48. The zero-order chi connectivity index (χ0) is 25.2. The van der Waals surface area contributed by atoms with E-state index in [1.807, 2.05) is 0 Å². The number of hydrogen-bond acceptors (Lipinski definition) is 7. The number of nitrogens with one attached hydrogen (secondary N) is 3. The van der Waals surface area contributed by atoms with Gasteiger partial charge in [-0.3, -0.25) is 14.4 Å². The summed E-state index contributed by atoms with van der Waals surface area (Å²) in [4.78, 5) is 35.9. The minimum Gasteiger partial charge on any atom is -0.493 e. The van der Waals surface area contributed by atoms with Gasteiger partial charge in [0.2, 0.25) is 0 Å². The van der Waals surface area contributed by atoms with Gasteiger partial charge in [-0.1, -0.05) is 23.2 Å². The van der Waals surface area contributed by atoms with E-state index in [1.165, 1.54) is 13.3 Å². The lowest BCUT2D eigenvalue weighted by Gasteiger charge is -2.12. The molecule has 0 aromatic heterocycles. The van der Waals surface area contributed by atoms with Crippen LogP contribution in [0.3, 0.4) is 0 Å². The normalized spacial score (nSPS) is 15.0. The lowest BCUT2D eigenvalue weighted by atomic mass is 10.2. The maximum Gasteiger partial charge on any atom is 0.329 e. The molecular formula is C23H24Cl2N4O6. The molecule has 0 aliphatic carbocycles. The molecule has 35 heavy (non-hydrogen) atoms. The summed E-state index contributed by atoms with van der Waals surface area (Å²) in [6.07, 6.45) is 3.07. The number of carbonyl (C=O) groups is 3. The van der Waals surface area contributed by atoms with Crippen molar-refractivity contribution in [3.05, 3.63) is 52.0 Å². The van der Waals surface area contributed by atoms with Gasteiger partial charge in [0, 0.05) is 28.9 Å². The first-order valence-corrected chi connectivity index (χ1v) is 11.4. The van der Waals surface area contributed by atoms with Crippen molar-refractivity contribution in [2.75, 3.05) is 32.2 Å². The summed E-state index contributed by atoms with van der Waals surface area (Å²) in [6, 6.07) is 9.49. The van der Waals surface area contributed by atoms with Gasteiger partial charge in [0.05, 0.1) is 19.4 Å². The van der Waals surface area contributed by atoms with Gasteiger partial charge < -0.3 is 24.8 Å². The molecule has 1 heterocycles. The van der Waals surface area contributed by atoms with Crippen LogP contribution >= 0.6 is 23.2 Å². The van der Waals surface area contributed by atoms with Gasteiger partial charge in [0.25, 0.3) is 5.91 Å². The van der Waals surface area contributed by atoms with Crippen LogP contribution in [0.4, 0.5) is 5.69 Å². The molecule has 1 saturated heterocycles. The summed E-state index contributed by atoms with van der Waals surface area (Å²) >= 11 is 11.9. The van der Waals surface area contributed by atoms with Gasteiger partial charge in [0.15, 0.2) is 18.1 Å². The van der Waals surface area contributed by atoms with Crippen molar-refractivity contribution in [3.8, 4) is 11.5 Å². The minimum atomic E-state index is -0.891. The Kier molecular flexibility index (Phi) is 9.71. The summed E-state index contributed by atoms with van der Waals surface area (Å²) < 4.78 is 16.2. The number of hydrogen-bond donors (Lipinski definition) is 3. The Morgan fingerprint density at radius 3 is 2.57 bits per heavy atom. The number of nitrogens with zero attached hydrogens (tertiary/aromatic N) is 1. The van der Waals surface area contributed by atoms with Crippen molar-refractivity contribution in [2.24, 2.45) is 5.10 Å². The quantitative estimate of drug-likeness (QED) is 0.264. The van der Waals surface area contributed by atoms with Crippen molar-refractivity contribution >= 4 is 52.8 Å². The first-order chi connectivity index (χ1) is 16.8. The summed E-state index contributed by atoms with van der Waals surface area (Å²) in [5, 5.41) is 9.72. The molecule has 3 N–H and O–H groups in total. The number of benzene rings is 2. The fourth-order valence-electron chi connectivity index (χ4n) is 3.16. The summed E-state index contributed by atoms with van der Waals surface area (Å²) in [6.45, 7) is 0.653. The Bertz CT molecular complexity index is 1090. The maximum atomic E-state index is 12.2. The largest absolute Gasteiger partial charge is 0.493 e. The molecule has 1 aliphatic rings. The van der Waals surface area contributed by atoms with Crippen LogP contribution in [0.5, 0.6) is 11.5 Å². The minimum absolute atomic E-state index is 0.0649. The van der Waals surface area contributed by atoms with E-state index in [9.17, 15) is 14.4 Å². The molecule has 0 radical (unpaired) electrons. The second-order valence-corrected chi connectivity index (χ2v) is 8.32. The Labute approximate surface area is 211 Å². The summed E-state index contributed by atoms with van der Waals surface area (Å²) in [5.74, 6) is -1.44. The van der Waals surface area contributed by atoms with Crippen LogP contribution in [-0.2, 0) is 19.1 Å². The third kappa shape index (κ3) is 8.43. The standard InChI is InChI=1S/C23H24Cl2N4O6/c1-33-20-7-14(11-27-29-23(32)22(31)26-12-18-3-2-6-34-18)4-5-19(20)35-13-21(30)28-17-9-15(24)8-16(25)10-17/h4-5,7-11,18H,2-3,6,12-13H2,1H3,(H,26,31)(H,28,30)(H,29,32)/b27-11-/t18-/m1/s1. The molecule has 0 unspecified atom stereocenters. The average Bonchev–Trinajstić information content (AvgIpc) is 3.34. The van der Waals surface area contributed by atoms with E-state index >= 15 is 0 Å². The average molecular weight is 523 g/mol. The number of hydrazone groups is 1. The number of halogens is 2. The van der Waals surface area contributed by atoms with Crippen LogP contribution < -0.4 is 25.5 Å². The highest BCUT2D eigenvalue weighted by Crippen LogP contribution is 2.28. The molecule has 2 aromatic carbocycles. The van der Waals surface area contributed by atoms with Crippen molar-refractivity contribution < 1.29 is 28.6 Å². The summed E-state index contributed by atoms with van der Waals surface area (Å²) in [5.41, 5.74) is 3.17.